The SMILES string of the molecule is CN1CCN(CC(=O)NC2(Cc3ccccc3)CCCC2)CC1.Cl.O. The molecule has 1 aromatic carbocycles. The quantitative estimate of drug-likeness (QED) is 0.855. The molecule has 0 spiro atoms. The molecule has 1 aliphatic carbocycles. The number of carbonyl (C=O) groups is 1. The third-order valence-corrected chi connectivity index (χ3v) is 5.31. The summed E-state index contributed by atoms with van der Waals surface area (Å²) in [5, 5.41) is 3.41. The zero-order chi connectivity index (χ0) is 16.1. The Kier molecular flexibility index (Phi) is 8.86. The smallest absolute Gasteiger partial charge is 0.234 e. The number of hydrogen-bond donors (Lipinski definition) is 1. The summed E-state index contributed by atoms with van der Waals surface area (Å²) in [4.78, 5) is 17.2. The lowest BCUT2D eigenvalue weighted by atomic mass is 9.89. The number of halogens is 1. The number of nitrogens with zero attached hydrogens (tertiary/aromatic N) is 2. The summed E-state index contributed by atoms with van der Waals surface area (Å²) < 4.78 is 0. The molecule has 1 saturated heterocycles. The van der Waals surface area contributed by atoms with Crippen molar-refractivity contribution in [2.24, 2.45) is 0 Å². The Morgan fingerprint density at radius 1 is 1.08 bits per heavy atom. The molecular formula is C19H32ClN3O2. The Hall–Kier alpha value is -1.14. The van der Waals surface area contributed by atoms with Crippen LogP contribution < -0.4 is 5.32 Å². The molecule has 3 N–H and O–H groups in total. The van der Waals surface area contributed by atoms with E-state index in [1.165, 1.54) is 18.4 Å². The lowest BCUT2D eigenvalue weighted by Gasteiger charge is -2.34. The van der Waals surface area contributed by atoms with Gasteiger partial charge >= 0.3 is 0 Å². The summed E-state index contributed by atoms with van der Waals surface area (Å²) in [5.74, 6) is 0.201. The van der Waals surface area contributed by atoms with Gasteiger partial charge in [0.05, 0.1) is 6.54 Å². The molecular weight excluding hydrogens is 338 g/mol. The van der Waals surface area contributed by atoms with Crippen LogP contribution in [0.15, 0.2) is 30.3 Å². The predicted octanol–water partition coefficient (Wildman–Crippen LogP) is 1.50. The van der Waals surface area contributed by atoms with E-state index in [-0.39, 0.29) is 29.3 Å². The van der Waals surface area contributed by atoms with Gasteiger partial charge in [-0.1, -0.05) is 43.2 Å². The van der Waals surface area contributed by atoms with E-state index in [0.717, 1.165) is 45.4 Å². The van der Waals surface area contributed by atoms with Gasteiger partial charge in [-0.3, -0.25) is 9.69 Å². The van der Waals surface area contributed by atoms with Gasteiger partial charge in [0.2, 0.25) is 5.91 Å². The van der Waals surface area contributed by atoms with Crippen LogP contribution in [0.4, 0.5) is 0 Å². The van der Waals surface area contributed by atoms with Gasteiger partial charge in [0.25, 0.3) is 0 Å². The minimum absolute atomic E-state index is 0. The molecule has 1 heterocycles. The molecule has 2 fully saturated rings. The summed E-state index contributed by atoms with van der Waals surface area (Å²) in [7, 11) is 2.14. The second-order valence-corrected chi connectivity index (χ2v) is 7.28. The number of amides is 1. The van der Waals surface area contributed by atoms with Crippen LogP contribution >= 0.6 is 12.4 Å². The molecule has 25 heavy (non-hydrogen) atoms. The summed E-state index contributed by atoms with van der Waals surface area (Å²) in [6, 6.07) is 10.6. The summed E-state index contributed by atoms with van der Waals surface area (Å²) >= 11 is 0. The molecule has 6 heteroatoms. The topological polar surface area (TPSA) is 67.1 Å². The summed E-state index contributed by atoms with van der Waals surface area (Å²) in [6.07, 6.45) is 5.62. The van der Waals surface area contributed by atoms with Gasteiger partial charge in [0.1, 0.15) is 0 Å². The summed E-state index contributed by atoms with van der Waals surface area (Å²) in [6.45, 7) is 4.65. The Morgan fingerprint density at radius 2 is 1.68 bits per heavy atom. The second kappa shape index (κ2) is 10.1. The Labute approximate surface area is 157 Å². The van der Waals surface area contributed by atoms with E-state index in [1.54, 1.807) is 0 Å². The van der Waals surface area contributed by atoms with Crippen LogP contribution in [-0.2, 0) is 11.2 Å². The second-order valence-electron chi connectivity index (χ2n) is 7.28. The van der Waals surface area contributed by atoms with Crippen LogP contribution in [-0.4, -0.2) is 66.5 Å². The molecule has 0 atom stereocenters. The van der Waals surface area contributed by atoms with E-state index >= 15 is 0 Å². The maximum atomic E-state index is 12.6. The van der Waals surface area contributed by atoms with Crippen LogP contribution in [0.1, 0.15) is 31.2 Å². The fourth-order valence-electron chi connectivity index (χ4n) is 3.93. The minimum Gasteiger partial charge on any atom is -0.412 e. The van der Waals surface area contributed by atoms with E-state index in [1.807, 2.05) is 0 Å². The molecule has 142 valence electrons. The first kappa shape index (κ1) is 21.9. The molecule has 1 saturated carbocycles. The molecule has 5 nitrogen and oxygen atoms in total. The summed E-state index contributed by atoms with van der Waals surface area (Å²) in [5.41, 5.74) is 1.31. The number of carbonyl (C=O) groups excluding carboxylic acids is 1. The predicted molar refractivity (Wildman–Crippen MR) is 104 cm³/mol. The van der Waals surface area contributed by atoms with Gasteiger partial charge in [0.15, 0.2) is 0 Å². The number of rotatable bonds is 5. The van der Waals surface area contributed by atoms with E-state index in [2.05, 4.69) is 52.5 Å². The first-order chi connectivity index (χ1) is 11.2. The number of likely N-dealkylation sites (N-methyl/N-ethyl adjacent to an activating group) is 1. The van der Waals surface area contributed by atoms with Crippen LogP contribution in [0, 0.1) is 0 Å². The van der Waals surface area contributed by atoms with Crippen molar-refractivity contribution in [2.75, 3.05) is 39.8 Å². The zero-order valence-electron chi connectivity index (χ0n) is 15.2. The van der Waals surface area contributed by atoms with Gasteiger partial charge in [0, 0.05) is 31.7 Å². The van der Waals surface area contributed by atoms with Crippen molar-refractivity contribution in [2.45, 2.75) is 37.6 Å². The molecule has 0 bridgehead atoms. The monoisotopic (exact) mass is 369 g/mol. The number of benzene rings is 1. The average molecular weight is 370 g/mol. The van der Waals surface area contributed by atoms with Crippen LogP contribution in [0.5, 0.6) is 0 Å². The van der Waals surface area contributed by atoms with Gasteiger partial charge < -0.3 is 15.7 Å². The first-order valence-electron chi connectivity index (χ1n) is 8.91. The fourth-order valence-corrected chi connectivity index (χ4v) is 3.93. The van der Waals surface area contributed by atoms with Crippen LogP contribution in [0.25, 0.3) is 0 Å². The largest absolute Gasteiger partial charge is 0.412 e. The Morgan fingerprint density at radius 3 is 2.28 bits per heavy atom. The Balaban J connectivity index is 0.00000156. The highest BCUT2D eigenvalue weighted by atomic mass is 35.5. The van der Waals surface area contributed by atoms with E-state index in [4.69, 9.17) is 0 Å². The minimum atomic E-state index is -0.0228. The normalized spacial score (nSPS) is 20.4. The first-order valence-corrected chi connectivity index (χ1v) is 8.91. The van der Waals surface area contributed by atoms with Gasteiger partial charge in [-0.25, -0.2) is 0 Å². The molecule has 2 aliphatic rings. The van der Waals surface area contributed by atoms with Crippen molar-refractivity contribution in [3.05, 3.63) is 35.9 Å². The molecule has 0 unspecified atom stereocenters. The standard InChI is InChI=1S/C19H29N3O.ClH.H2O/c1-21-11-13-22(14-12-21)16-18(23)20-19(9-5-6-10-19)15-17-7-3-2-4-8-17;;/h2-4,7-8H,5-6,9-16H2,1H3,(H,20,23);1H;1H2. The third kappa shape index (κ3) is 6.26. The number of piperazine rings is 1. The molecule has 1 aromatic rings. The zero-order valence-corrected chi connectivity index (χ0v) is 16.0. The maximum Gasteiger partial charge on any atom is 0.234 e. The van der Waals surface area contributed by atoms with Crippen molar-refractivity contribution in [1.29, 1.82) is 0 Å². The molecule has 0 aromatic heterocycles. The lowest BCUT2D eigenvalue weighted by molar-refractivity contribution is -0.124. The van der Waals surface area contributed by atoms with Crippen molar-refractivity contribution in [3.63, 3.8) is 0 Å². The van der Waals surface area contributed by atoms with Crippen LogP contribution in [0.3, 0.4) is 0 Å². The molecule has 0 radical (unpaired) electrons. The van der Waals surface area contributed by atoms with Crippen molar-refractivity contribution in [1.82, 2.24) is 15.1 Å². The van der Waals surface area contributed by atoms with Gasteiger partial charge in [-0.05, 0) is 31.9 Å². The number of hydrogen-bond acceptors (Lipinski definition) is 3. The molecule has 3 rings (SSSR count). The molecule has 1 aliphatic heterocycles. The van der Waals surface area contributed by atoms with E-state index < -0.39 is 0 Å². The highest BCUT2D eigenvalue weighted by Crippen LogP contribution is 2.32. The third-order valence-electron chi connectivity index (χ3n) is 5.31. The van der Waals surface area contributed by atoms with E-state index in [0.29, 0.717) is 6.54 Å². The Bertz CT molecular complexity index is 513. The maximum absolute atomic E-state index is 12.6. The molecule has 1 amide bonds. The highest BCUT2D eigenvalue weighted by Gasteiger charge is 2.35. The van der Waals surface area contributed by atoms with Gasteiger partial charge in [-0.15, -0.1) is 12.4 Å². The van der Waals surface area contributed by atoms with Crippen molar-refractivity contribution in [3.8, 4) is 0 Å². The van der Waals surface area contributed by atoms with Crippen molar-refractivity contribution >= 4 is 18.3 Å². The van der Waals surface area contributed by atoms with E-state index in [9.17, 15) is 4.79 Å². The lowest BCUT2D eigenvalue weighted by Crippen LogP contribution is -2.53. The van der Waals surface area contributed by atoms with Crippen LogP contribution in [0.2, 0.25) is 0 Å². The fraction of sp³-hybridized carbons (Fsp3) is 0.632. The average Bonchev–Trinajstić information content (AvgIpc) is 2.98. The number of nitrogens with one attached hydrogen (secondary N) is 1. The van der Waals surface area contributed by atoms with Gasteiger partial charge in [-0.2, -0.15) is 0 Å². The highest BCUT2D eigenvalue weighted by molar-refractivity contribution is 5.85. The van der Waals surface area contributed by atoms with Crippen molar-refractivity contribution < 1.29 is 10.3 Å².